The lowest BCUT2D eigenvalue weighted by atomic mass is 10.1. The Labute approximate surface area is 134 Å². The van der Waals surface area contributed by atoms with Crippen molar-refractivity contribution in [3.8, 4) is 0 Å². The fourth-order valence-electron chi connectivity index (χ4n) is 2.57. The number of hydrogen-bond acceptors (Lipinski definition) is 3. The van der Waals surface area contributed by atoms with E-state index in [0.717, 1.165) is 22.2 Å². The first kappa shape index (κ1) is 14.7. The second kappa shape index (κ2) is 6.28. The first-order chi connectivity index (χ1) is 10.7. The van der Waals surface area contributed by atoms with Gasteiger partial charge in [-0.25, -0.2) is 0 Å². The highest BCUT2D eigenvalue weighted by Crippen LogP contribution is 2.21. The fourth-order valence-corrected chi connectivity index (χ4v) is 3.29. The van der Waals surface area contributed by atoms with Crippen LogP contribution in [-0.4, -0.2) is 22.3 Å². The van der Waals surface area contributed by atoms with Gasteiger partial charge in [0.05, 0.1) is 17.6 Å². The third-order valence-electron chi connectivity index (χ3n) is 3.67. The zero-order valence-electron chi connectivity index (χ0n) is 12.7. The van der Waals surface area contributed by atoms with Gasteiger partial charge in [-0.15, -0.1) is 11.3 Å². The summed E-state index contributed by atoms with van der Waals surface area (Å²) in [6, 6.07) is 13.8. The lowest BCUT2D eigenvalue weighted by Gasteiger charge is -2.21. The normalized spacial score (nSPS) is 10.8. The average Bonchev–Trinajstić information content (AvgIpc) is 3.04. The van der Waals surface area contributed by atoms with E-state index in [4.69, 9.17) is 0 Å². The number of pyridine rings is 1. The summed E-state index contributed by atoms with van der Waals surface area (Å²) >= 11 is 1.68. The third-order valence-corrected chi connectivity index (χ3v) is 4.53. The molecule has 0 spiro atoms. The van der Waals surface area contributed by atoms with Crippen molar-refractivity contribution in [3.63, 3.8) is 0 Å². The Morgan fingerprint density at radius 3 is 2.77 bits per heavy atom. The zero-order valence-corrected chi connectivity index (χ0v) is 13.6. The molecule has 22 heavy (non-hydrogen) atoms. The molecule has 112 valence electrons. The number of carbonyl (C=O) groups is 1. The van der Waals surface area contributed by atoms with Crippen LogP contribution in [0.5, 0.6) is 0 Å². The minimum absolute atomic E-state index is 0.0672. The molecule has 0 radical (unpaired) electrons. The molecule has 0 N–H and O–H groups in total. The number of benzene rings is 1. The highest BCUT2D eigenvalue weighted by molar-refractivity contribution is 7.09. The smallest absolute Gasteiger partial charge is 0.254 e. The van der Waals surface area contributed by atoms with Crippen LogP contribution in [0.2, 0.25) is 0 Å². The SMILES string of the molecule is CCN(Cc1cccs1)C(=O)c1cc(C)nc2ccccc12. The van der Waals surface area contributed by atoms with Gasteiger partial charge in [0, 0.05) is 22.5 Å². The van der Waals surface area contributed by atoms with Crippen molar-refractivity contribution in [2.75, 3.05) is 6.54 Å². The maximum atomic E-state index is 13.0. The first-order valence-electron chi connectivity index (χ1n) is 7.37. The largest absolute Gasteiger partial charge is 0.334 e. The van der Waals surface area contributed by atoms with Gasteiger partial charge in [0.2, 0.25) is 0 Å². The molecule has 0 fully saturated rings. The Morgan fingerprint density at radius 1 is 1.23 bits per heavy atom. The fraction of sp³-hybridized carbons (Fsp3) is 0.222. The molecule has 4 heteroatoms. The first-order valence-corrected chi connectivity index (χ1v) is 8.25. The summed E-state index contributed by atoms with van der Waals surface area (Å²) in [5, 5.41) is 2.96. The van der Waals surface area contributed by atoms with Crippen LogP contribution in [0.15, 0.2) is 47.8 Å². The van der Waals surface area contributed by atoms with Crippen molar-refractivity contribution in [3.05, 3.63) is 64.0 Å². The Morgan fingerprint density at radius 2 is 2.05 bits per heavy atom. The van der Waals surface area contributed by atoms with E-state index in [1.807, 2.05) is 60.5 Å². The monoisotopic (exact) mass is 310 g/mol. The molecule has 0 aliphatic carbocycles. The zero-order chi connectivity index (χ0) is 15.5. The molecule has 0 bridgehead atoms. The molecule has 0 aliphatic heterocycles. The van der Waals surface area contributed by atoms with Gasteiger partial charge in [-0.3, -0.25) is 9.78 Å². The van der Waals surface area contributed by atoms with Gasteiger partial charge >= 0.3 is 0 Å². The molecule has 1 amide bonds. The van der Waals surface area contributed by atoms with Crippen molar-refractivity contribution in [1.29, 1.82) is 0 Å². The van der Waals surface area contributed by atoms with Gasteiger partial charge in [-0.1, -0.05) is 24.3 Å². The van der Waals surface area contributed by atoms with E-state index in [9.17, 15) is 4.79 Å². The molecule has 3 aromatic rings. The number of amides is 1. The number of para-hydroxylation sites is 1. The molecule has 0 saturated carbocycles. The summed E-state index contributed by atoms with van der Waals surface area (Å²) < 4.78 is 0. The van der Waals surface area contributed by atoms with Gasteiger partial charge in [0.25, 0.3) is 5.91 Å². The van der Waals surface area contributed by atoms with Gasteiger partial charge in [0.15, 0.2) is 0 Å². The average molecular weight is 310 g/mol. The summed E-state index contributed by atoms with van der Waals surface area (Å²) in [6.45, 7) is 5.29. The van der Waals surface area contributed by atoms with Crippen LogP contribution < -0.4 is 0 Å². The lowest BCUT2D eigenvalue weighted by Crippen LogP contribution is -2.30. The van der Waals surface area contributed by atoms with E-state index >= 15 is 0 Å². The predicted molar refractivity (Wildman–Crippen MR) is 91.2 cm³/mol. The van der Waals surface area contributed by atoms with E-state index in [-0.39, 0.29) is 5.91 Å². The standard InChI is InChI=1S/C18H18N2OS/c1-3-20(12-14-7-6-10-22-14)18(21)16-11-13(2)19-17-9-5-4-8-15(16)17/h4-11H,3,12H2,1-2H3. The molecule has 0 atom stereocenters. The molecular weight excluding hydrogens is 292 g/mol. The summed E-state index contributed by atoms with van der Waals surface area (Å²) in [6.07, 6.45) is 0. The van der Waals surface area contributed by atoms with Crippen LogP contribution in [0, 0.1) is 6.92 Å². The van der Waals surface area contributed by atoms with Crippen molar-refractivity contribution >= 4 is 28.1 Å². The van der Waals surface area contributed by atoms with Crippen molar-refractivity contribution in [2.24, 2.45) is 0 Å². The molecule has 0 unspecified atom stereocenters. The van der Waals surface area contributed by atoms with Crippen LogP contribution in [0.4, 0.5) is 0 Å². The highest BCUT2D eigenvalue weighted by atomic mass is 32.1. The Hall–Kier alpha value is -2.20. The number of carbonyl (C=O) groups excluding carboxylic acids is 1. The third kappa shape index (κ3) is 2.88. The quantitative estimate of drug-likeness (QED) is 0.721. The minimum Gasteiger partial charge on any atom is -0.334 e. The molecule has 0 saturated heterocycles. The van der Waals surface area contributed by atoms with Crippen LogP contribution in [0.25, 0.3) is 10.9 Å². The van der Waals surface area contributed by atoms with Crippen LogP contribution in [-0.2, 0) is 6.54 Å². The minimum atomic E-state index is 0.0672. The van der Waals surface area contributed by atoms with E-state index < -0.39 is 0 Å². The van der Waals surface area contributed by atoms with Crippen LogP contribution in [0.3, 0.4) is 0 Å². The van der Waals surface area contributed by atoms with Crippen molar-refractivity contribution < 1.29 is 4.79 Å². The maximum Gasteiger partial charge on any atom is 0.254 e. The number of rotatable bonds is 4. The van der Waals surface area contributed by atoms with Gasteiger partial charge in [0.1, 0.15) is 0 Å². The van der Waals surface area contributed by atoms with Gasteiger partial charge < -0.3 is 4.90 Å². The van der Waals surface area contributed by atoms with Crippen molar-refractivity contribution in [2.45, 2.75) is 20.4 Å². The maximum absolute atomic E-state index is 13.0. The molecule has 3 rings (SSSR count). The second-order valence-electron chi connectivity index (χ2n) is 5.23. The Balaban J connectivity index is 2.00. The molecular formula is C18H18N2OS. The van der Waals surface area contributed by atoms with E-state index in [1.165, 1.54) is 4.88 Å². The molecule has 2 heterocycles. The molecule has 2 aromatic heterocycles. The van der Waals surface area contributed by atoms with E-state index in [1.54, 1.807) is 11.3 Å². The number of aryl methyl sites for hydroxylation is 1. The Bertz CT molecular complexity index is 796. The summed E-state index contributed by atoms with van der Waals surface area (Å²) in [5.74, 6) is 0.0672. The Kier molecular flexibility index (Phi) is 4.20. The van der Waals surface area contributed by atoms with Gasteiger partial charge in [-0.05, 0) is 37.4 Å². The highest BCUT2D eigenvalue weighted by Gasteiger charge is 2.18. The van der Waals surface area contributed by atoms with E-state index in [0.29, 0.717) is 13.1 Å². The molecule has 3 nitrogen and oxygen atoms in total. The second-order valence-corrected chi connectivity index (χ2v) is 6.26. The number of hydrogen-bond donors (Lipinski definition) is 0. The lowest BCUT2D eigenvalue weighted by molar-refractivity contribution is 0.0756. The number of nitrogens with zero attached hydrogens (tertiary/aromatic N) is 2. The summed E-state index contributed by atoms with van der Waals surface area (Å²) in [7, 11) is 0. The molecule has 0 aliphatic rings. The van der Waals surface area contributed by atoms with Gasteiger partial charge in [-0.2, -0.15) is 0 Å². The van der Waals surface area contributed by atoms with Crippen LogP contribution in [0.1, 0.15) is 27.9 Å². The number of fused-ring (bicyclic) bond motifs is 1. The predicted octanol–water partition coefficient (Wildman–Crippen LogP) is 4.27. The summed E-state index contributed by atoms with van der Waals surface area (Å²) in [4.78, 5) is 20.6. The molecule has 1 aromatic carbocycles. The summed E-state index contributed by atoms with van der Waals surface area (Å²) in [5.41, 5.74) is 2.48. The van der Waals surface area contributed by atoms with E-state index in [2.05, 4.69) is 11.1 Å². The number of aromatic nitrogens is 1. The van der Waals surface area contributed by atoms with Crippen LogP contribution >= 0.6 is 11.3 Å². The topological polar surface area (TPSA) is 33.2 Å². The van der Waals surface area contributed by atoms with Crippen molar-refractivity contribution in [1.82, 2.24) is 9.88 Å². The number of thiophene rings is 1.